The number of likely N-dealkylation sites (tertiary alicyclic amines) is 1. The summed E-state index contributed by atoms with van der Waals surface area (Å²) in [5.41, 5.74) is 2.53. The number of thiophene rings is 1. The number of nitrogens with two attached hydrogens (primary N) is 1. The molecule has 3 aliphatic heterocycles. The number of carbonyl (C=O) groups excluding carboxylic acids is 1. The molecule has 266 valence electrons. The molecule has 9 nitrogen and oxygen atoms in total. The zero-order chi connectivity index (χ0) is 36.2. The maximum absolute atomic E-state index is 16.5. The van der Waals surface area contributed by atoms with Gasteiger partial charge in [-0.05, 0) is 56.8 Å². The topological polar surface area (TPSA) is 112 Å². The minimum Gasteiger partial charge on any atom is -0.467 e. The number of nitrogens with zero attached hydrogens (tertiary/aromatic N) is 6. The number of nitrogen functional groups attached to an aromatic ring is 1. The highest BCUT2D eigenvalue weighted by Crippen LogP contribution is 2.48. The van der Waals surface area contributed by atoms with Crippen LogP contribution < -0.4 is 15.4 Å². The number of aromatic nitrogens is 2. The predicted octanol–water partition coefficient (Wildman–Crippen LogP) is 6.91. The number of hydrogen-bond acceptors (Lipinski definition) is 9. The maximum atomic E-state index is 16.5. The SMILES string of the molecule is COc1nc(N(C)C2CCN(C(C)=O)C2C)c2cc(C(F)(F)F)c(-c3ccc(F)c4sc(N)c(C#N)c34)c(F)c2n1.FC1CC2CCCN2C1. The molecule has 0 bridgehead atoms. The molecule has 5 heterocycles. The summed E-state index contributed by atoms with van der Waals surface area (Å²) < 4.78 is 92.7. The normalized spacial score (nSPS) is 22.1. The molecule has 3 aliphatic rings. The second-order valence-corrected chi connectivity index (χ2v) is 13.9. The van der Waals surface area contributed by atoms with E-state index in [1.54, 1.807) is 22.9 Å². The molecule has 4 unspecified atom stereocenters. The van der Waals surface area contributed by atoms with E-state index in [-0.39, 0.29) is 61.4 Å². The van der Waals surface area contributed by atoms with Crippen LogP contribution in [0, 0.1) is 23.0 Å². The van der Waals surface area contributed by atoms with E-state index in [9.17, 15) is 32.0 Å². The van der Waals surface area contributed by atoms with Gasteiger partial charge in [-0.3, -0.25) is 9.69 Å². The zero-order valence-corrected chi connectivity index (χ0v) is 28.6. The van der Waals surface area contributed by atoms with Crippen molar-refractivity contribution in [3.63, 3.8) is 0 Å². The summed E-state index contributed by atoms with van der Waals surface area (Å²) in [4.78, 5) is 25.9. The van der Waals surface area contributed by atoms with Crippen LogP contribution >= 0.6 is 11.3 Å². The molecule has 4 atom stereocenters. The van der Waals surface area contributed by atoms with Crippen LogP contribution in [0.2, 0.25) is 0 Å². The van der Waals surface area contributed by atoms with Gasteiger partial charge in [0, 0.05) is 55.5 Å². The summed E-state index contributed by atoms with van der Waals surface area (Å²) >= 11 is 0.687. The Morgan fingerprint density at radius 3 is 2.56 bits per heavy atom. The van der Waals surface area contributed by atoms with E-state index in [1.165, 1.54) is 26.9 Å². The van der Waals surface area contributed by atoms with Gasteiger partial charge in [0.05, 0.1) is 29.0 Å². The number of nitriles is 1. The van der Waals surface area contributed by atoms with E-state index in [4.69, 9.17) is 10.5 Å². The third-order valence-electron chi connectivity index (χ3n) is 9.99. The van der Waals surface area contributed by atoms with Gasteiger partial charge >= 0.3 is 12.2 Å². The molecule has 0 aliphatic carbocycles. The van der Waals surface area contributed by atoms with Gasteiger partial charge < -0.3 is 20.3 Å². The molecule has 4 aromatic rings. The quantitative estimate of drug-likeness (QED) is 0.227. The van der Waals surface area contributed by atoms with Crippen molar-refractivity contribution >= 4 is 49.1 Å². The van der Waals surface area contributed by atoms with Crippen LogP contribution in [0.15, 0.2) is 18.2 Å². The van der Waals surface area contributed by atoms with E-state index in [0.717, 1.165) is 31.2 Å². The van der Waals surface area contributed by atoms with Gasteiger partial charge in [-0.15, -0.1) is 11.3 Å². The molecule has 2 N–H and O–H groups in total. The molecule has 16 heteroatoms. The van der Waals surface area contributed by atoms with E-state index in [0.29, 0.717) is 36.9 Å². The summed E-state index contributed by atoms with van der Waals surface area (Å²) in [6.07, 6.45) is -1.75. The highest BCUT2D eigenvalue weighted by molar-refractivity contribution is 7.23. The number of anilines is 2. The highest BCUT2D eigenvalue weighted by atomic mass is 32.1. The van der Waals surface area contributed by atoms with Crippen LogP contribution in [0.1, 0.15) is 50.7 Å². The van der Waals surface area contributed by atoms with Crippen molar-refractivity contribution in [1.29, 1.82) is 5.26 Å². The third kappa shape index (κ3) is 6.14. The average Bonchev–Trinajstić information content (AvgIpc) is 3.83. The summed E-state index contributed by atoms with van der Waals surface area (Å²) in [5.74, 6) is -2.33. The minimum atomic E-state index is -5.07. The number of carbonyl (C=O) groups is 1. The van der Waals surface area contributed by atoms with Gasteiger partial charge in [-0.25, -0.2) is 13.2 Å². The highest BCUT2D eigenvalue weighted by Gasteiger charge is 2.40. The lowest BCUT2D eigenvalue weighted by Gasteiger charge is -2.32. The molecular formula is C34H35F6N7O2S. The molecule has 50 heavy (non-hydrogen) atoms. The van der Waals surface area contributed by atoms with Crippen molar-refractivity contribution in [3.05, 3.63) is 41.0 Å². The number of fused-ring (bicyclic) bond motifs is 3. The molecule has 2 aromatic carbocycles. The third-order valence-corrected chi connectivity index (χ3v) is 11.0. The Bertz CT molecular complexity index is 2000. The second kappa shape index (κ2) is 13.4. The Morgan fingerprint density at radius 1 is 1.20 bits per heavy atom. The molecular weight excluding hydrogens is 684 g/mol. The Labute approximate surface area is 288 Å². The van der Waals surface area contributed by atoms with Crippen LogP contribution in [-0.2, 0) is 11.0 Å². The van der Waals surface area contributed by atoms with E-state index in [1.807, 2.05) is 6.92 Å². The van der Waals surface area contributed by atoms with Crippen LogP contribution in [0.25, 0.3) is 32.1 Å². The van der Waals surface area contributed by atoms with Gasteiger partial charge in [-0.1, -0.05) is 6.07 Å². The molecule has 1 amide bonds. The van der Waals surface area contributed by atoms with E-state index < -0.39 is 40.6 Å². The lowest BCUT2D eigenvalue weighted by molar-refractivity contribution is -0.137. The standard InChI is InChI=1S/C27H23F5N6O2S.C7H12FN/c1-11-18(7-8-38(11)12(2)39)37(3)25-14-9-16(27(30,31)32)20(21(29)22(14)35-26(36-25)40-4)13-5-6-17(28)23-19(13)15(10-33)24(34)41-23;8-6-4-7-2-1-3-9(7)5-6/h5-6,9,11,18H,7-8,34H2,1-4H3;6-7H,1-5H2. The summed E-state index contributed by atoms with van der Waals surface area (Å²) in [6.45, 7) is 5.54. The molecule has 3 fully saturated rings. The Hall–Kier alpha value is -4.36. The summed E-state index contributed by atoms with van der Waals surface area (Å²) in [6, 6.07) is 4.11. The predicted molar refractivity (Wildman–Crippen MR) is 179 cm³/mol. The molecule has 7 rings (SSSR count). The second-order valence-electron chi connectivity index (χ2n) is 12.8. The van der Waals surface area contributed by atoms with Crippen LogP contribution in [0.4, 0.5) is 37.2 Å². The fourth-order valence-electron chi connectivity index (χ4n) is 7.62. The van der Waals surface area contributed by atoms with Gasteiger partial charge in [-0.2, -0.15) is 28.4 Å². The summed E-state index contributed by atoms with van der Waals surface area (Å²) in [5, 5.41) is 9.09. The first-order chi connectivity index (χ1) is 23.7. The van der Waals surface area contributed by atoms with E-state index in [2.05, 4.69) is 14.9 Å². The van der Waals surface area contributed by atoms with Crippen LogP contribution in [0.3, 0.4) is 0 Å². The number of halogens is 6. The van der Waals surface area contributed by atoms with Crippen molar-refractivity contribution in [1.82, 2.24) is 19.8 Å². The number of hydrogen-bond donors (Lipinski definition) is 1. The molecule has 3 saturated heterocycles. The minimum absolute atomic E-state index is 0.0215. The lowest BCUT2D eigenvalue weighted by Crippen LogP contribution is -2.43. The van der Waals surface area contributed by atoms with Crippen LogP contribution in [-0.4, -0.2) is 83.8 Å². The van der Waals surface area contributed by atoms with Gasteiger partial charge in [0.2, 0.25) is 5.91 Å². The van der Waals surface area contributed by atoms with Crippen molar-refractivity contribution in [2.24, 2.45) is 0 Å². The van der Waals surface area contributed by atoms with Crippen molar-refractivity contribution in [2.45, 2.75) is 70.0 Å². The Kier molecular flexibility index (Phi) is 9.51. The fraction of sp³-hybridized carbons (Fsp3) is 0.471. The first-order valence-electron chi connectivity index (χ1n) is 16.1. The maximum Gasteiger partial charge on any atom is 0.417 e. The number of likely N-dealkylation sites (N-methyl/N-ethyl adjacent to an activating group) is 1. The number of alkyl halides is 4. The molecule has 2 aromatic heterocycles. The molecule has 0 spiro atoms. The fourth-order valence-corrected chi connectivity index (χ4v) is 8.57. The Balaban J connectivity index is 0.000000412. The number of methoxy groups -OCH3 is 1. The average molecular weight is 720 g/mol. The van der Waals surface area contributed by atoms with Gasteiger partial charge in [0.15, 0.2) is 5.82 Å². The largest absolute Gasteiger partial charge is 0.467 e. The van der Waals surface area contributed by atoms with E-state index >= 15 is 4.39 Å². The number of ether oxygens (including phenoxy) is 1. The van der Waals surface area contributed by atoms with Gasteiger partial charge in [0.25, 0.3) is 0 Å². The van der Waals surface area contributed by atoms with Crippen molar-refractivity contribution in [3.8, 4) is 23.2 Å². The molecule has 0 radical (unpaired) electrons. The smallest absolute Gasteiger partial charge is 0.417 e. The lowest BCUT2D eigenvalue weighted by atomic mass is 9.92. The number of amides is 1. The monoisotopic (exact) mass is 719 g/mol. The van der Waals surface area contributed by atoms with Crippen molar-refractivity contribution < 1.29 is 35.9 Å². The van der Waals surface area contributed by atoms with Crippen molar-refractivity contribution in [2.75, 3.05) is 44.4 Å². The molecule has 0 saturated carbocycles. The zero-order valence-electron chi connectivity index (χ0n) is 27.7. The number of benzene rings is 2. The first-order valence-corrected chi connectivity index (χ1v) is 16.9. The van der Waals surface area contributed by atoms with Gasteiger partial charge in [0.1, 0.15) is 34.4 Å². The first kappa shape index (κ1) is 35.5. The number of rotatable bonds is 4. The summed E-state index contributed by atoms with van der Waals surface area (Å²) in [7, 11) is 2.84. The van der Waals surface area contributed by atoms with Crippen LogP contribution in [0.5, 0.6) is 6.01 Å². The Morgan fingerprint density at radius 2 is 1.94 bits per heavy atom.